The average molecular weight is 507 g/mol. The fourth-order valence-electron chi connectivity index (χ4n) is 6.47. The van der Waals surface area contributed by atoms with Crippen molar-refractivity contribution in [3.63, 3.8) is 0 Å². The third-order valence-electron chi connectivity index (χ3n) is 8.26. The van der Waals surface area contributed by atoms with E-state index < -0.39 is 0 Å². The van der Waals surface area contributed by atoms with Gasteiger partial charge >= 0.3 is 0 Å². The molecule has 0 nitrogen and oxygen atoms in total. The molecule has 0 aliphatic carbocycles. The molecule has 8 rings (SSSR count). The minimum Gasteiger partial charge on any atom is -0.0622 e. The maximum atomic E-state index is 2.44. The summed E-state index contributed by atoms with van der Waals surface area (Å²) in [6.45, 7) is 0. The zero-order valence-corrected chi connectivity index (χ0v) is 22.0. The van der Waals surface area contributed by atoms with Gasteiger partial charge in [-0.2, -0.15) is 0 Å². The second-order valence-electron chi connectivity index (χ2n) is 10.5. The first-order valence-electron chi connectivity index (χ1n) is 13.9. The second-order valence-corrected chi connectivity index (χ2v) is 10.5. The van der Waals surface area contributed by atoms with Crippen molar-refractivity contribution < 1.29 is 0 Å². The second kappa shape index (κ2) is 9.22. The van der Waals surface area contributed by atoms with Gasteiger partial charge in [-0.1, -0.05) is 152 Å². The van der Waals surface area contributed by atoms with Crippen LogP contribution in [0.5, 0.6) is 0 Å². The van der Waals surface area contributed by atoms with E-state index in [0.29, 0.717) is 0 Å². The van der Waals surface area contributed by atoms with E-state index in [1.165, 1.54) is 76.5 Å². The molecule has 0 unspecified atom stereocenters. The summed E-state index contributed by atoms with van der Waals surface area (Å²) >= 11 is 0. The summed E-state index contributed by atoms with van der Waals surface area (Å²) in [6, 6.07) is 57.6. The molecule has 0 spiro atoms. The van der Waals surface area contributed by atoms with Gasteiger partial charge in [-0.15, -0.1) is 0 Å². The number of hydrogen-bond donors (Lipinski definition) is 0. The zero-order chi connectivity index (χ0) is 26.5. The first-order valence-corrected chi connectivity index (χ1v) is 13.9. The van der Waals surface area contributed by atoms with Crippen molar-refractivity contribution in [3.05, 3.63) is 158 Å². The number of rotatable bonds is 3. The van der Waals surface area contributed by atoms with Crippen molar-refractivity contribution in [3.8, 4) is 33.4 Å². The molecule has 0 saturated carbocycles. The summed E-state index contributed by atoms with van der Waals surface area (Å²) in [6.07, 6.45) is 0. The molecule has 0 aliphatic heterocycles. The van der Waals surface area contributed by atoms with Crippen molar-refractivity contribution in [2.24, 2.45) is 0 Å². The lowest BCUT2D eigenvalue weighted by Gasteiger charge is -2.18. The smallest absolute Gasteiger partial charge is 0.00264 e. The van der Waals surface area contributed by atoms with Crippen LogP contribution in [0.15, 0.2) is 158 Å². The first-order chi connectivity index (χ1) is 19.9. The summed E-state index contributed by atoms with van der Waals surface area (Å²) in [4.78, 5) is 0. The number of benzene rings is 8. The molecule has 0 radical (unpaired) electrons. The van der Waals surface area contributed by atoms with Gasteiger partial charge in [0.25, 0.3) is 0 Å². The van der Waals surface area contributed by atoms with Gasteiger partial charge < -0.3 is 0 Å². The van der Waals surface area contributed by atoms with E-state index in [-0.39, 0.29) is 0 Å². The lowest BCUT2D eigenvalue weighted by Crippen LogP contribution is -1.91. The van der Waals surface area contributed by atoms with Gasteiger partial charge in [-0.05, 0) is 82.5 Å². The minimum absolute atomic E-state index is 1.24. The predicted molar refractivity (Wildman–Crippen MR) is 173 cm³/mol. The van der Waals surface area contributed by atoms with E-state index in [1.807, 2.05) is 0 Å². The molecule has 0 fully saturated rings. The third kappa shape index (κ3) is 3.54. The summed E-state index contributed by atoms with van der Waals surface area (Å²) in [5.41, 5.74) is 7.59. The lowest BCUT2D eigenvalue weighted by molar-refractivity contribution is 1.65. The Morgan fingerprint density at radius 1 is 0.250 bits per heavy atom. The van der Waals surface area contributed by atoms with E-state index in [2.05, 4.69) is 158 Å². The Balaban J connectivity index is 1.54. The van der Waals surface area contributed by atoms with Crippen LogP contribution in [0.2, 0.25) is 0 Å². The van der Waals surface area contributed by atoms with Crippen molar-refractivity contribution in [2.45, 2.75) is 0 Å². The van der Waals surface area contributed by atoms with E-state index in [4.69, 9.17) is 0 Å². The minimum atomic E-state index is 1.24. The molecule has 0 heterocycles. The van der Waals surface area contributed by atoms with Crippen molar-refractivity contribution in [1.82, 2.24) is 0 Å². The quantitative estimate of drug-likeness (QED) is 0.209. The van der Waals surface area contributed by atoms with E-state index in [0.717, 1.165) is 0 Å². The van der Waals surface area contributed by atoms with Gasteiger partial charge in [0.05, 0.1) is 0 Å². The first kappa shape index (κ1) is 22.8. The molecule has 186 valence electrons. The van der Waals surface area contributed by atoms with Crippen LogP contribution in [0.4, 0.5) is 0 Å². The SMILES string of the molecule is c1ccc(-c2c3cccc(-c4cccc5ccccc45)c3cc3c(-c4cccc5ccccc45)cccc23)cc1. The highest BCUT2D eigenvalue weighted by atomic mass is 14.2. The maximum Gasteiger partial charge on any atom is -0.00264 e. The predicted octanol–water partition coefficient (Wildman–Crippen LogP) is 11.3. The van der Waals surface area contributed by atoms with Crippen LogP contribution in [0.3, 0.4) is 0 Å². The van der Waals surface area contributed by atoms with Crippen LogP contribution in [0.25, 0.3) is 76.5 Å². The standard InChI is InChI=1S/C40H26/c1-2-14-29(15-3-1)40-36-24-10-22-34(32-20-8-16-27-12-4-6-18-30(27)32)38(36)26-39-35(23-11-25-37(39)40)33-21-9-17-28-13-5-7-19-31(28)33/h1-26H. The third-order valence-corrected chi connectivity index (χ3v) is 8.26. The molecule has 0 bridgehead atoms. The Morgan fingerprint density at radius 2 is 0.625 bits per heavy atom. The molecule has 0 heteroatoms. The highest BCUT2D eigenvalue weighted by Gasteiger charge is 2.17. The summed E-state index contributed by atoms with van der Waals surface area (Å²) < 4.78 is 0. The maximum absolute atomic E-state index is 2.44. The van der Waals surface area contributed by atoms with Crippen LogP contribution < -0.4 is 0 Å². The van der Waals surface area contributed by atoms with E-state index in [1.54, 1.807) is 0 Å². The molecule has 0 saturated heterocycles. The van der Waals surface area contributed by atoms with Gasteiger partial charge in [0.15, 0.2) is 0 Å². The van der Waals surface area contributed by atoms with Crippen molar-refractivity contribution in [1.29, 1.82) is 0 Å². The Bertz CT molecular complexity index is 2060. The van der Waals surface area contributed by atoms with Crippen LogP contribution in [-0.4, -0.2) is 0 Å². The zero-order valence-electron chi connectivity index (χ0n) is 22.0. The molecular formula is C40H26. The van der Waals surface area contributed by atoms with Crippen LogP contribution in [0.1, 0.15) is 0 Å². The molecule has 0 N–H and O–H groups in total. The van der Waals surface area contributed by atoms with E-state index in [9.17, 15) is 0 Å². The largest absolute Gasteiger partial charge is 0.0622 e. The Morgan fingerprint density at radius 3 is 1.15 bits per heavy atom. The van der Waals surface area contributed by atoms with Gasteiger partial charge in [0.1, 0.15) is 0 Å². The molecule has 0 aliphatic rings. The molecule has 0 aromatic heterocycles. The molecule has 0 amide bonds. The summed E-state index contributed by atoms with van der Waals surface area (Å²) in [5.74, 6) is 0. The molecule has 8 aromatic rings. The molecule has 40 heavy (non-hydrogen) atoms. The monoisotopic (exact) mass is 506 g/mol. The normalized spacial score (nSPS) is 11.5. The Kier molecular flexibility index (Phi) is 5.24. The summed E-state index contributed by atoms with van der Waals surface area (Å²) in [5, 5.41) is 10.2. The van der Waals surface area contributed by atoms with Crippen molar-refractivity contribution in [2.75, 3.05) is 0 Å². The van der Waals surface area contributed by atoms with Crippen molar-refractivity contribution >= 4 is 43.1 Å². The molecule has 0 atom stereocenters. The van der Waals surface area contributed by atoms with Gasteiger partial charge in [-0.3, -0.25) is 0 Å². The van der Waals surface area contributed by atoms with Crippen LogP contribution >= 0.6 is 0 Å². The molecular weight excluding hydrogens is 480 g/mol. The van der Waals surface area contributed by atoms with Gasteiger partial charge in [0.2, 0.25) is 0 Å². The topological polar surface area (TPSA) is 0 Å². The van der Waals surface area contributed by atoms with E-state index >= 15 is 0 Å². The Hall–Kier alpha value is -5.20. The fraction of sp³-hybridized carbons (Fsp3) is 0. The fourth-order valence-corrected chi connectivity index (χ4v) is 6.47. The number of fused-ring (bicyclic) bond motifs is 4. The van der Waals surface area contributed by atoms with Crippen LogP contribution in [0, 0.1) is 0 Å². The van der Waals surface area contributed by atoms with Crippen LogP contribution in [-0.2, 0) is 0 Å². The lowest BCUT2D eigenvalue weighted by atomic mass is 9.85. The average Bonchev–Trinajstić information content (AvgIpc) is 3.03. The molecule has 8 aromatic carbocycles. The number of hydrogen-bond acceptors (Lipinski definition) is 0. The summed E-state index contributed by atoms with van der Waals surface area (Å²) in [7, 11) is 0. The highest BCUT2D eigenvalue weighted by Crippen LogP contribution is 2.44. The Labute approximate surface area is 233 Å². The van der Waals surface area contributed by atoms with Gasteiger partial charge in [0, 0.05) is 0 Å². The van der Waals surface area contributed by atoms with Gasteiger partial charge in [-0.25, -0.2) is 0 Å². The highest BCUT2D eigenvalue weighted by molar-refractivity contribution is 6.20.